The van der Waals surface area contributed by atoms with Gasteiger partial charge in [0.05, 0.1) is 13.2 Å². The molecule has 0 aromatic carbocycles. The van der Waals surface area contributed by atoms with E-state index >= 15 is 0 Å². The highest BCUT2D eigenvalue weighted by molar-refractivity contribution is 4.83. The second-order valence-corrected chi connectivity index (χ2v) is 5.91. The monoisotopic (exact) mass is 213 g/mol. The van der Waals surface area contributed by atoms with Gasteiger partial charge in [-0.2, -0.15) is 0 Å². The summed E-state index contributed by atoms with van der Waals surface area (Å²) in [6.07, 6.45) is 4.00. The Kier molecular flexibility index (Phi) is 5.07. The minimum Gasteiger partial charge on any atom is -0.380 e. The maximum absolute atomic E-state index is 5.24. The molecule has 15 heavy (non-hydrogen) atoms. The zero-order chi connectivity index (χ0) is 11.3. The summed E-state index contributed by atoms with van der Waals surface area (Å²) in [7, 11) is 0. The van der Waals surface area contributed by atoms with Crippen LogP contribution in [-0.4, -0.2) is 25.8 Å². The second kappa shape index (κ2) is 5.86. The van der Waals surface area contributed by atoms with Gasteiger partial charge in [-0.05, 0) is 19.3 Å². The van der Waals surface area contributed by atoms with E-state index in [1.807, 2.05) is 0 Å². The predicted octanol–water partition coefficient (Wildman–Crippen LogP) is 2.83. The Labute approximate surface area is 94.8 Å². The molecule has 1 aliphatic heterocycles. The highest BCUT2D eigenvalue weighted by Crippen LogP contribution is 2.25. The molecule has 0 aliphatic carbocycles. The van der Waals surface area contributed by atoms with Crippen LogP contribution in [0.2, 0.25) is 0 Å². The maximum Gasteiger partial charge on any atom is 0.0554 e. The summed E-state index contributed by atoms with van der Waals surface area (Å²) in [5, 5.41) is 3.62. The van der Waals surface area contributed by atoms with E-state index in [0.717, 1.165) is 25.7 Å². The van der Waals surface area contributed by atoms with Crippen molar-refractivity contribution in [2.45, 2.75) is 53.0 Å². The molecule has 2 heteroatoms. The third-order valence-corrected chi connectivity index (χ3v) is 3.20. The molecular formula is C13H27NO. The molecule has 1 heterocycles. The molecule has 90 valence electrons. The average molecular weight is 213 g/mol. The minimum absolute atomic E-state index is 0.409. The molecule has 1 atom stereocenters. The van der Waals surface area contributed by atoms with Crippen LogP contribution in [0.15, 0.2) is 0 Å². The molecular weight excluding hydrogens is 186 g/mol. The first-order valence-corrected chi connectivity index (χ1v) is 6.33. The van der Waals surface area contributed by atoms with Crippen LogP contribution >= 0.6 is 0 Å². The SMILES string of the molecule is CC(C)CCCC(C)NCC1(C)COC1. The number of ether oxygens (including phenoxy) is 1. The van der Waals surface area contributed by atoms with E-state index in [0.29, 0.717) is 11.5 Å². The molecule has 0 spiro atoms. The van der Waals surface area contributed by atoms with E-state index in [1.165, 1.54) is 19.3 Å². The fraction of sp³-hybridized carbons (Fsp3) is 1.00. The van der Waals surface area contributed by atoms with Gasteiger partial charge in [0, 0.05) is 18.0 Å². The molecule has 0 aromatic heterocycles. The van der Waals surface area contributed by atoms with Crippen molar-refractivity contribution in [2.75, 3.05) is 19.8 Å². The van der Waals surface area contributed by atoms with Crippen LogP contribution in [-0.2, 0) is 4.74 Å². The minimum atomic E-state index is 0.409. The van der Waals surface area contributed by atoms with Gasteiger partial charge in [-0.3, -0.25) is 0 Å². The highest BCUT2D eigenvalue weighted by Gasteiger charge is 2.32. The second-order valence-electron chi connectivity index (χ2n) is 5.91. The summed E-state index contributed by atoms with van der Waals surface area (Å²) in [6.45, 7) is 12.1. The van der Waals surface area contributed by atoms with Crippen LogP contribution in [0.3, 0.4) is 0 Å². The fourth-order valence-electron chi connectivity index (χ4n) is 1.91. The maximum atomic E-state index is 5.24. The molecule has 0 saturated carbocycles. The van der Waals surface area contributed by atoms with E-state index in [2.05, 4.69) is 33.0 Å². The number of hydrogen-bond donors (Lipinski definition) is 1. The summed E-state index contributed by atoms with van der Waals surface area (Å²) in [6, 6.07) is 0.654. The van der Waals surface area contributed by atoms with Crippen molar-refractivity contribution in [3.63, 3.8) is 0 Å². The first-order chi connectivity index (χ1) is 7.02. The van der Waals surface area contributed by atoms with Gasteiger partial charge in [-0.1, -0.05) is 33.6 Å². The number of nitrogens with one attached hydrogen (secondary N) is 1. The lowest BCUT2D eigenvalue weighted by Gasteiger charge is -2.39. The van der Waals surface area contributed by atoms with E-state index in [4.69, 9.17) is 4.74 Å². The van der Waals surface area contributed by atoms with Gasteiger partial charge in [0.25, 0.3) is 0 Å². The Hall–Kier alpha value is -0.0800. The summed E-state index contributed by atoms with van der Waals surface area (Å²) < 4.78 is 5.24. The molecule has 0 amide bonds. The zero-order valence-corrected chi connectivity index (χ0v) is 10.8. The van der Waals surface area contributed by atoms with Gasteiger partial charge in [0.2, 0.25) is 0 Å². The van der Waals surface area contributed by atoms with Crippen LogP contribution in [0.25, 0.3) is 0 Å². The van der Waals surface area contributed by atoms with Crippen molar-refractivity contribution >= 4 is 0 Å². The van der Waals surface area contributed by atoms with Crippen molar-refractivity contribution in [3.05, 3.63) is 0 Å². The quantitative estimate of drug-likeness (QED) is 0.702. The van der Waals surface area contributed by atoms with Crippen molar-refractivity contribution < 1.29 is 4.74 Å². The van der Waals surface area contributed by atoms with Crippen LogP contribution in [0.5, 0.6) is 0 Å². The Balaban J connectivity index is 2.00. The average Bonchev–Trinajstić information content (AvgIpc) is 2.11. The van der Waals surface area contributed by atoms with Crippen molar-refractivity contribution in [1.82, 2.24) is 5.32 Å². The molecule has 1 saturated heterocycles. The summed E-state index contributed by atoms with van der Waals surface area (Å²) in [5.41, 5.74) is 0.409. The van der Waals surface area contributed by atoms with Gasteiger partial charge in [0.1, 0.15) is 0 Å². The van der Waals surface area contributed by atoms with Crippen LogP contribution in [0.1, 0.15) is 47.0 Å². The summed E-state index contributed by atoms with van der Waals surface area (Å²) >= 11 is 0. The summed E-state index contributed by atoms with van der Waals surface area (Å²) in [5.74, 6) is 0.842. The van der Waals surface area contributed by atoms with E-state index in [1.54, 1.807) is 0 Å². The van der Waals surface area contributed by atoms with Crippen molar-refractivity contribution in [3.8, 4) is 0 Å². The van der Waals surface area contributed by atoms with Crippen LogP contribution < -0.4 is 5.32 Å². The van der Waals surface area contributed by atoms with E-state index in [9.17, 15) is 0 Å². The Morgan fingerprint density at radius 1 is 1.20 bits per heavy atom. The normalized spacial score (nSPS) is 21.4. The lowest BCUT2D eigenvalue weighted by atomic mass is 9.88. The van der Waals surface area contributed by atoms with E-state index in [-0.39, 0.29) is 0 Å². The van der Waals surface area contributed by atoms with Gasteiger partial charge in [0.15, 0.2) is 0 Å². The summed E-state index contributed by atoms with van der Waals surface area (Å²) in [4.78, 5) is 0. The highest BCUT2D eigenvalue weighted by atomic mass is 16.5. The van der Waals surface area contributed by atoms with Crippen LogP contribution in [0, 0.1) is 11.3 Å². The van der Waals surface area contributed by atoms with Gasteiger partial charge < -0.3 is 10.1 Å². The molecule has 0 bridgehead atoms. The van der Waals surface area contributed by atoms with Crippen molar-refractivity contribution in [1.29, 1.82) is 0 Å². The zero-order valence-electron chi connectivity index (χ0n) is 10.8. The lowest BCUT2D eigenvalue weighted by molar-refractivity contribution is -0.0999. The van der Waals surface area contributed by atoms with Crippen LogP contribution in [0.4, 0.5) is 0 Å². The molecule has 1 N–H and O–H groups in total. The Morgan fingerprint density at radius 3 is 2.33 bits per heavy atom. The molecule has 0 radical (unpaired) electrons. The molecule has 1 rings (SSSR count). The third kappa shape index (κ3) is 4.98. The molecule has 1 fully saturated rings. The van der Waals surface area contributed by atoms with Gasteiger partial charge in [-0.25, -0.2) is 0 Å². The van der Waals surface area contributed by atoms with Crippen molar-refractivity contribution in [2.24, 2.45) is 11.3 Å². The fourth-order valence-corrected chi connectivity index (χ4v) is 1.91. The lowest BCUT2D eigenvalue weighted by Crippen LogP contribution is -2.49. The predicted molar refractivity (Wildman–Crippen MR) is 65.1 cm³/mol. The number of hydrogen-bond acceptors (Lipinski definition) is 2. The molecule has 1 aliphatic rings. The van der Waals surface area contributed by atoms with E-state index < -0.39 is 0 Å². The topological polar surface area (TPSA) is 21.3 Å². The van der Waals surface area contributed by atoms with Gasteiger partial charge in [-0.15, -0.1) is 0 Å². The molecule has 0 aromatic rings. The largest absolute Gasteiger partial charge is 0.380 e. The first-order valence-electron chi connectivity index (χ1n) is 6.33. The molecule has 2 nitrogen and oxygen atoms in total. The Bertz CT molecular complexity index is 175. The van der Waals surface area contributed by atoms with Gasteiger partial charge >= 0.3 is 0 Å². The Morgan fingerprint density at radius 2 is 1.87 bits per heavy atom. The molecule has 1 unspecified atom stereocenters. The third-order valence-electron chi connectivity index (χ3n) is 3.20. The first kappa shape index (κ1) is 13.0. The standard InChI is InChI=1S/C13H27NO/c1-11(2)6-5-7-12(3)14-8-13(4)9-15-10-13/h11-12,14H,5-10H2,1-4H3. The smallest absolute Gasteiger partial charge is 0.0554 e. The number of rotatable bonds is 7.